The molecule has 0 amide bonds. The van der Waals surface area contributed by atoms with Crippen molar-refractivity contribution < 1.29 is 0 Å². The van der Waals surface area contributed by atoms with Gasteiger partial charge in [-0.1, -0.05) is 0 Å². The SMILES string of the molecule is Cl.Cl.Cl.c1cnc2ccnc(N3CCNCC3)c2c1. The molecule has 2 aromatic heterocycles. The van der Waals surface area contributed by atoms with Crippen LogP contribution >= 0.6 is 37.2 Å². The van der Waals surface area contributed by atoms with Gasteiger partial charge in [-0.05, 0) is 18.2 Å². The molecule has 0 spiro atoms. The molecule has 1 N–H and O–H groups in total. The monoisotopic (exact) mass is 322 g/mol. The highest BCUT2D eigenvalue weighted by atomic mass is 35.5. The summed E-state index contributed by atoms with van der Waals surface area (Å²) >= 11 is 0. The predicted octanol–water partition coefficient (Wildman–Crippen LogP) is 2.30. The molecule has 7 heteroatoms. The highest BCUT2D eigenvalue weighted by Crippen LogP contribution is 2.22. The topological polar surface area (TPSA) is 41.1 Å². The van der Waals surface area contributed by atoms with E-state index in [0.29, 0.717) is 0 Å². The van der Waals surface area contributed by atoms with Gasteiger partial charge in [0.1, 0.15) is 5.82 Å². The maximum atomic E-state index is 4.49. The number of rotatable bonds is 1. The van der Waals surface area contributed by atoms with Crippen LogP contribution in [0.3, 0.4) is 0 Å². The van der Waals surface area contributed by atoms with Gasteiger partial charge in [-0.25, -0.2) is 4.98 Å². The Hall–Kier alpha value is -0.810. The number of aromatic nitrogens is 2. The molecule has 0 radical (unpaired) electrons. The Labute approximate surface area is 131 Å². The number of nitrogens with zero attached hydrogens (tertiary/aromatic N) is 3. The maximum Gasteiger partial charge on any atom is 0.138 e. The number of fused-ring (bicyclic) bond motifs is 1. The molecule has 0 aliphatic carbocycles. The number of halogens is 3. The smallest absolute Gasteiger partial charge is 0.138 e. The van der Waals surface area contributed by atoms with Crippen molar-refractivity contribution in [2.24, 2.45) is 0 Å². The maximum absolute atomic E-state index is 4.49. The summed E-state index contributed by atoms with van der Waals surface area (Å²) in [6.45, 7) is 4.08. The molecule has 1 aliphatic rings. The Morgan fingerprint density at radius 2 is 1.68 bits per heavy atom. The number of nitrogens with one attached hydrogen (secondary N) is 1. The molecule has 3 rings (SSSR count). The first-order valence-corrected chi connectivity index (χ1v) is 5.60. The van der Waals surface area contributed by atoms with Crippen molar-refractivity contribution in [2.75, 3.05) is 31.1 Å². The first-order chi connectivity index (χ1) is 7.95. The van der Waals surface area contributed by atoms with Gasteiger partial charge in [0.2, 0.25) is 0 Å². The Morgan fingerprint density at radius 1 is 0.947 bits per heavy atom. The number of pyridine rings is 2. The van der Waals surface area contributed by atoms with E-state index in [0.717, 1.165) is 42.9 Å². The average Bonchev–Trinajstić information content (AvgIpc) is 2.39. The number of hydrogen-bond donors (Lipinski definition) is 1. The summed E-state index contributed by atoms with van der Waals surface area (Å²) in [7, 11) is 0. The number of hydrogen-bond acceptors (Lipinski definition) is 4. The van der Waals surface area contributed by atoms with Gasteiger partial charge >= 0.3 is 0 Å². The molecule has 0 bridgehead atoms. The first kappa shape index (κ1) is 18.2. The highest BCUT2D eigenvalue weighted by Gasteiger charge is 2.14. The van der Waals surface area contributed by atoms with Crippen molar-refractivity contribution in [1.29, 1.82) is 0 Å². The molecule has 19 heavy (non-hydrogen) atoms. The normalized spacial score (nSPS) is 14.0. The molecule has 0 atom stereocenters. The van der Waals surface area contributed by atoms with Gasteiger partial charge < -0.3 is 10.2 Å². The fourth-order valence-electron chi connectivity index (χ4n) is 2.12. The lowest BCUT2D eigenvalue weighted by molar-refractivity contribution is 0.586. The second-order valence-electron chi connectivity index (χ2n) is 3.94. The minimum Gasteiger partial charge on any atom is -0.354 e. The fraction of sp³-hybridized carbons (Fsp3) is 0.333. The summed E-state index contributed by atoms with van der Waals surface area (Å²) in [6.07, 6.45) is 3.66. The van der Waals surface area contributed by atoms with Gasteiger partial charge in [0.05, 0.1) is 5.52 Å². The van der Waals surface area contributed by atoms with Crippen LogP contribution in [0.25, 0.3) is 10.9 Å². The van der Waals surface area contributed by atoms with Gasteiger partial charge in [0.15, 0.2) is 0 Å². The Morgan fingerprint density at radius 3 is 2.42 bits per heavy atom. The molecule has 2 aromatic rings. The summed E-state index contributed by atoms with van der Waals surface area (Å²) in [5.41, 5.74) is 1.02. The van der Waals surface area contributed by atoms with Crippen molar-refractivity contribution in [2.45, 2.75) is 0 Å². The molecular formula is C12H17Cl3N4. The Balaban J connectivity index is 0.00000108. The Kier molecular flexibility index (Phi) is 8.02. The van der Waals surface area contributed by atoms with Gasteiger partial charge in [0, 0.05) is 44.0 Å². The largest absolute Gasteiger partial charge is 0.354 e. The molecule has 3 heterocycles. The van der Waals surface area contributed by atoms with Crippen LogP contribution in [0.15, 0.2) is 30.6 Å². The van der Waals surface area contributed by atoms with Gasteiger partial charge in [-0.15, -0.1) is 37.2 Å². The van der Waals surface area contributed by atoms with E-state index in [-0.39, 0.29) is 37.2 Å². The third kappa shape index (κ3) is 3.83. The summed E-state index contributed by atoms with van der Waals surface area (Å²) in [4.78, 5) is 11.2. The average molecular weight is 324 g/mol. The molecular weight excluding hydrogens is 307 g/mol. The lowest BCUT2D eigenvalue weighted by Gasteiger charge is -2.29. The summed E-state index contributed by atoms with van der Waals surface area (Å²) in [5.74, 6) is 1.06. The van der Waals surface area contributed by atoms with Crippen LogP contribution < -0.4 is 10.2 Å². The van der Waals surface area contributed by atoms with E-state index >= 15 is 0 Å². The molecule has 0 unspecified atom stereocenters. The van der Waals surface area contributed by atoms with Crippen LogP contribution in [0.1, 0.15) is 0 Å². The van der Waals surface area contributed by atoms with E-state index < -0.39 is 0 Å². The van der Waals surface area contributed by atoms with Crippen LogP contribution in [0.5, 0.6) is 0 Å². The quantitative estimate of drug-likeness (QED) is 0.874. The second-order valence-corrected chi connectivity index (χ2v) is 3.94. The molecule has 1 saturated heterocycles. The van der Waals surface area contributed by atoms with Crippen LogP contribution in [-0.2, 0) is 0 Å². The van der Waals surface area contributed by atoms with Crippen LogP contribution in [-0.4, -0.2) is 36.1 Å². The van der Waals surface area contributed by atoms with E-state index in [2.05, 4.69) is 26.3 Å². The van der Waals surface area contributed by atoms with Gasteiger partial charge in [0.25, 0.3) is 0 Å². The zero-order valence-corrected chi connectivity index (χ0v) is 12.7. The third-order valence-electron chi connectivity index (χ3n) is 2.93. The van der Waals surface area contributed by atoms with Crippen LogP contribution in [0.4, 0.5) is 5.82 Å². The van der Waals surface area contributed by atoms with E-state index in [1.165, 1.54) is 0 Å². The van der Waals surface area contributed by atoms with Crippen molar-refractivity contribution >= 4 is 53.9 Å². The highest BCUT2D eigenvalue weighted by molar-refractivity contribution is 5.89. The van der Waals surface area contributed by atoms with Crippen LogP contribution in [0, 0.1) is 0 Å². The Bertz CT molecular complexity index is 498. The molecule has 0 saturated carbocycles. The van der Waals surface area contributed by atoms with Gasteiger partial charge in [-0.2, -0.15) is 0 Å². The molecule has 106 valence electrons. The molecule has 4 nitrogen and oxygen atoms in total. The summed E-state index contributed by atoms with van der Waals surface area (Å²) in [5, 5.41) is 4.49. The third-order valence-corrected chi connectivity index (χ3v) is 2.93. The summed E-state index contributed by atoms with van der Waals surface area (Å²) < 4.78 is 0. The summed E-state index contributed by atoms with van der Waals surface area (Å²) in [6, 6.07) is 6.02. The second kappa shape index (κ2) is 8.38. The predicted molar refractivity (Wildman–Crippen MR) is 86.4 cm³/mol. The van der Waals surface area contributed by atoms with Gasteiger partial charge in [-0.3, -0.25) is 4.98 Å². The van der Waals surface area contributed by atoms with Crippen molar-refractivity contribution in [1.82, 2.24) is 15.3 Å². The minimum atomic E-state index is 0. The van der Waals surface area contributed by atoms with Crippen LogP contribution in [0.2, 0.25) is 0 Å². The lowest BCUT2D eigenvalue weighted by Crippen LogP contribution is -2.43. The molecule has 0 aromatic carbocycles. The van der Waals surface area contributed by atoms with E-state index in [4.69, 9.17) is 0 Å². The molecule has 1 aliphatic heterocycles. The number of anilines is 1. The number of piperazine rings is 1. The van der Waals surface area contributed by atoms with Crippen molar-refractivity contribution in [3.8, 4) is 0 Å². The minimum absolute atomic E-state index is 0. The fourth-order valence-corrected chi connectivity index (χ4v) is 2.12. The standard InChI is InChI=1S/C12H14N4.3ClH/c1-2-10-11(14-4-1)3-5-15-12(10)16-8-6-13-7-9-16;;;/h1-5,13H,6-9H2;3*1H. The molecule has 1 fully saturated rings. The van der Waals surface area contributed by atoms with Crippen molar-refractivity contribution in [3.63, 3.8) is 0 Å². The van der Waals surface area contributed by atoms with E-state index in [9.17, 15) is 0 Å². The van der Waals surface area contributed by atoms with Crippen molar-refractivity contribution in [3.05, 3.63) is 30.6 Å². The van der Waals surface area contributed by atoms with E-state index in [1.54, 1.807) is 0 Å². The van der Waals surface area contributed by atoms with E-state index in [1.807, 2.05) is 24.5 Å². The first-order valence-electron chi connectivity index (χ1n) is 5.60. The zero-order valence-electron chi connectivity index (χ0n) is 10.3. The lowest BCUT2D eigenvalue weighted by atomic mass is 10.2. The zero-order chi connectivity index (χ0) is 10.8.